The van der Waals surface area contributed by atoms with E-state index in [2.05, 4.69) is 4.98 Å². The summed E-state index contributed by atoms with van der Waals surface area (Å²) in [6.45, 7) is 1.95. The highest BCUT2D eigenvalue weighted by Crippen LogP contribution is 2.26. The summed E-state index contributed by atoms with van der Waals surface area (Å²) in [5.41, 5.74) is 4.14. The minimum Gasteiger partial charge on any atom is -0.508 e. The van der Waals surface area contributed by atoms with Crippen LogP contribution in [0.25, 0.3) is 33.4 Å². The highest BCUT2D eigenvalue weighted by Gasteiger charge is 2.08. The smallest absolute Gasteiger partial charge is 0.193 e. The SMILES string of the molecule is Cc1ccc(-c2ccc(-c3cc(=O)c4cc(O)ccc4o3)cc2)cn1. The lowest BCUT2D eigenvalue weighted by molar-refractivity contribution is 0.475. The molecule has 2 aromatic carbocycles. The predicted octanol–water partition coefficient (Wildman–Crippen LogP) is 4.54. The summed E-state index contributed by atoms with van der Waals surface area (Å²) in [5, 5.41) is 9.88. The molecule has 0 atom stereocenters. The molecule has 0 spiro atoms. The maximum atomic E-state index is 12.3. The fraction of sp³-hybridized carbons (Fsp3) is 0.0476. The van der Waals surface area contributed by atoms with Crippen LogP contribution in [-0.4, -0.2) is 10.1 Å². The van der Waals surface area contributed by atoms with E-state index in [1.807, 2.05) is 49.5 Å². The Morgan fingerprint density at radius 3 is 2.32 bits per heavy atom. The summed E-state index contributed by atoms with van der Waals surface area (Å²) in [4.78, 5) is 16.6. The second-order valence-corrected chi connectivity index (χ2v) is 5.92. The van der Waals surface area contributed by atoms with Crippen molar-refractivity contribution in [3.8, 4) is 28.2 Å². The first-order valence-corrected chi connectivity index (χ1v) is 7.90. The quantitative estimate of drug-likeness (QED) is 0.586. The Kier molecular flexibility index (Phi) is 3.58. The fourth-order valence-electron chi connectivity index (χ4n) is 2.75. The van der Waals surface area contributed by atoms with Gasteiger partial charge in [-0.1, -0.05) is 30.3 Å². The summed E-state index contributed by atoms with van der Waals surface area (Å²) < 4.78 is 5.82. The van der Waals surface area contributed by atoms with Crippen LogP contribution in [0.3, 0.4) is 0 Å². The summed E-state index contributed by atoms with van der Waals surface area (Å²) in [5.74, 6) is 0.542. The summed E-state index contributed by atoms with van der Waals surface area (Å²) in [7, 11) is 0. The van der Waals surface area contributed by atoms with Crippen molar-refractivity contribution in [3.63, 3.8) is 0 Å². The van der Waals surface area contributed by atoms with E-state index in [-0.39, 0.29) is 11.2 Å². The van der Waals surface area contributed by atoms with E-state index in [0.717, 1.165) is 22.4 Å². The Morgan fingerprint density at radius 2 is 1.60 bits per heavy atom. The van der Waals surface area contributed by atoms with Crippen molar-refractivity contribution >= 4 is 11.0 Å². The summed E-state index contributed by atoms with van der Waals surface area (Å²) in [6, 6.07) is 17.7. The molecule has 4 heteroatoms. The second kappa shape index (κ2) is 5.91. The van der Waals surface area contributed by atoms with Crippen LogP contribution in [0.15, 0.2) is 76.1 Å². The molecule has 0 aliphatic carbocycles. The van der Waals surface area contributed by atoms with Crippen LogP contribution in [0.2, 0.25) is 0 Å². The van der Waals surface area contributed by atoms with Gasteiger partial charge in [0, 0.05) is 29.1 Å². The number of hydrogen-bond acceptors (Lipinski definition) is 4. The minimum atomic E-state index is -0.182. The highest BCUT2D eigenvalue weighted by molar-refractivity contribution is 5.80. The standard InChI is InChI=1S/C21H15NO3/c1-13-2-3-16(12-22-13)14-4-6-15(7-5-14)21-11-19(24)18-10-17(23)8-9-20(18)25-21/h2-12,23H,1H3. The number of hydrogen-bond donors (Lipinski definition) is 1. The molecular formula is C21H15NO3. The Labute approximate surface area is 144 Å². The van der Waals surface area contributed by atoms with Crippen molar-refractivity contribution < 1.29 is 9.52 Å². The number of phenols is 1. The van der Waals surface area contributed by atoms with Crippen LogP contribution < -0.4 is 5.43 Å². The molecule has 0 aliphatic heterocycles. The van der Waals surface area contributed by atoms with E-state index in [4.69, 9.17) is 4.42 Å². The minimum absolute atomic E-state index is 0.0450. The number of fused-ring (bicyclic) bond motifs is 1. The molecule has 4 aromatic rings. The number of aryl methyl sites for hydroxylation is 1. The lowest BCUT2D eigenvalue weighted by atomic mass is 10.0. The van der Waals surface area contributed by atoms with Gasteiger partial charge in [0.15, 0.2) is 5.43 Å². The Morgan fingerprint density at radius 1 is 0.880 bits per heavy atom. The van der Waals surface area contributed by atoms with Crippen molar-refractivity contribution in [3.05, 3.63) is 82.8 Å². The number of rotatable bonds is 2. The molecule has 0 aliphatic rings. The van der Waals surface area contributed by atoms with Crippen molar-refractivity contribution in [1.82, 2.24) is 4.98 Å². The number of benzene rings is 2. The van der Waals surface area contributed by atoms with Gasteiger partial charge in [-0.3, -0.25) is 9.78 Å². The molecule has 0 amide bonds. The third-order valence-electron chi connectivity index (χ3n) is 4.12. The van der Waals surface area contributed by atoms with Gasteiger partial charge in [-0.15, -0.1) is 0 Å². The molecule has 2 heterocycles. The molecular weight excluding hydrogens is 314 g/mol. The Balaban J connectivity index is 1.75. The van der Waals surface area contributed by atoms with E-state index in [0.29, 0.717) is 16.7 Å². The third-order valence-corrected chi connectivity index (χ3v) is 4.12. The largest absolute Gasteiger partial charge is 0.508 e. The second-order valence-electron chi connectivity index (χ2n) is 5.92. The van der Waals surface area contributed by atoms with E-state index in [1.165, 1.54) is 18.2 Å². The Hall–Kier alpha value is -3.40. The van der Waals surface area contributed by atoms with Crippen LogP contribution >= 0.6 is 0 Å². The third kappa shape index (κ3) is 2.90. The summed E-state index contributed by atoms with van der Waals surface area (Å²) >= 11 is 0. The lowest BCUT2D eigenvalue weighted by Gasteiger charge is -2.06. The molecule has 0 fully saturated rings. The van der Waals surface area contributed by atoms with Crippen LogP contribution in [0.5, 0.6) is 5.75 Å². The first-order valence-electron chi connectivity index (χ1n) is 7.90. The van der Waals surface area contributed by atoms with Gasteiger partial charge in [0.25, 0.3) is 0 Å². The molecule has 122 valence electrons. The number of aromatic hydroxyl groups is 1. The fourth-order valence-corrected chi connectivity index (χ4v) is 2.75. The molecule has 0 bridgehead atoms. The molecule has 4 rings (SSSR count). The van der Waals surface area contributed by atoms with Crippen LogP contribution in [0.1, 0.15) is 5.69 Å². The first-order chi connectivity index (χ1) is 12.1. The van der Waals surface area contributed by atoms with Crippen LogP contribution in [-0.2, 0) is 0 Å². The zero-order valence-corrected chi connectivity index (χ0v) is 13.6. The number of aromatic nitrogens is 1. The summed E-state index contributed by atoms with van der Waals surface area (Å²) in [6.07, 6.45) is 1.84. The molecule has 25 heavy (non-hydrogen) atoms. The molecule has 0 saturated heterocycles. The predicted molar refractivity (Wildman–Crippen MR) is 97.6 cm³/mol. The Bertz CT molecular complexity index is 1110. The lowest BCUT2D eigenvalue weighted by Crippen LogP contribution is -2.00. The average Bonchev–Trinajstić information content (AvgIpc) is 2.63. The molecule has 0 radical (unpaired) electrons. The van der Waals surface area contributed by atoms with E-state index >= 15 is 0 Å². The van der Waals surface area contributed by atoms with Gasteiger partial charge < -0.3 is 9.52 Å². The maximum absolute atomic E-state index is 12.3. The van der Waals surface area contributed by atoms with Gasteiger partial charge in [0.05, 0.1) is 5.39 Å². The van der Waals surface area contributed by atoms with Gasteiger partial charge in [0.1, 0.15) is 17.1 Å². The van der Waals surface area contributed by atoms with Crippen molar-refractivity contribution in [2.45, 2.75) is 6.92 Å². The zero-order chi connectivity index (χ0) is 17.4. The van der Waals surface area contributed by atoms with Crippen molar-refractivity contribution in [2.24, 2.45) is 0 Å². The van der Waals surface area contributed by atoms with Crippen molar-refractivity contribution in [1.29, 1.82) is 0 Å². The highest BCUT2D eigenvalue weighted by atomic mass is 16.3. The topological polar surface area (TPSA) is 63.3 Å². The van der Waals surface area contributed by atoms with Crippen LogP contribution in [0.4, 0.5) is 0 Å². The zero-order valence-electron chi connectivity index (χ0n) is 13.6. The number of phenolic OH excluding ortho intramolecular Hbond substituents is 1. The van der Waals surface area contributed by atoms with Gasteiger partial charge >= 0.3 is 0 Å². The van der Waals surface area contributed by atoms with Crippen LogP contribution in [0, 0.1) is 6.92 Å². The molecule has 1 N–H and O–H groups in total. The average molecular weight is 329 g/mol. The van der Waals surface area contributed by atoms with E-state index in [1.54, 1.807) is 6.07 Å². The molecule has 0 saturated carbocycles. The first kappa shape index (κ1) is 15.1. The molecule has 2 aromatic heterocycles. The molecule has 4 nitrogen and oxygen atoms in total. The number of nitrogens with zero attached hydrogens (tertiary/aromatic N) is 1. The van der Waals surface area contributed by atoms with Gasteiger partial charge in [-0.2, -0.15) is 0 Å². The maximum Gasteiger partial charge on any atom is 0.193 e. The van der Waals surface area contributed by atoms with Gasteiger partial charge in [-0.05, 0) is 36.8 Å². The monoisotopic (exact) mass is 329 g/mol. The normalized spacial score (nSPS) is 10.9. The molecule has 0 unspecified atom stereocenters. The van der Waals surface area contributed by atoms with E-state index in [9.17, 15) is 9.90 Å². The van der Waals surface area contributed by atoms with Gasteiger partial charge in [0.2, 0.25) is 0 Å². The van der Waals surface area contributed by atoms with Crippen molar-refractivity contribution in [2.75, 3.05) is 0 Å². The van der Waals surface area contributed by atoms with Gasteiger partial charge in [-0.25, -0.2) is 0 Å². The van der Waals surface area contributed by atoms with E-state index < -0.39 is 0 Å². The number of pyridine rings is 1.